The summed E-state index contributed by atoms with van der Waals surface area (Å²) in [6, 6.07) is 74.1. The molecule has 0 aliphatic carbocycles. The third-order valence-corrected chi connectivity index (χ3v) is 10.1. The van der Waals surface area contributed by atoms with Crippen molar-refractivity contribution in [2.45, 2.75) is 0 Å². The minimum atomic E-state index is 0.563. The monoisotopic (exact) mass is 760 g/mol. The number of anilines is 6. The predicted molar refractivity (Wildman–Crippen MR) is 239 cm³/mol. The van der Waals surface area contributed by atoms with Crippen molar-refractivity contribution in [3.05, 3.63) is 218 Å². The summed E-state index contributed by atoms with van der Waals surface area (Å²) in [7, 11) is 0. The van der Waals surface area contributed by atoms with Crippen molar-refractivity contribution in [3.63, 3.8) is 0 Å². The minimum absolute atomic E-state index is 0.563. The Bertz CT molecular complexity index is 2700. The van der Waals surface area contributed by atoms with Gasteiger partial charge in [-0.3, -0.25) is 0 Å². The van der Waals surface area contributed by atoms with Crippen molar-refractivity contribution < 1.29 is 4.42 Å². The third kappa shape index (κ3) is 7.32. The second-order valence-electron chi connectivity index (χ2n) is 14.0. The molecule has 0 unspecified atom stereocenters. The van der Waals surface area contributed by atoms with E-state index in [0.29, 0.717) is 23.4 Å². The Labute approximate surface area is 342 Å². The first-order chi connectivity index (χ1) is 29.2. The zero-order chi connectivity index (χ0) is 39.4. The van der Waals surface area contributed by atoms with Crippen LogP contribution in [-0.2, 0) is 0 Å². The number of aromatic nitrogens is 4. The Morgan fingerprint density at radius 2 is 0.576 bits per heavy atom. The molecule has 0 saturated carbocycles. The van der Waals surface area contributed by atoms with E-state index in [0.717, 1.165) is 67.5 Å². The number of rotatable bonds is 10. The topological polar surface area (TPSA) is 71.2 Å². The number of para-hydroxylation sites is 6. The summed E-state index contributed by atoms with van der Waals surface area (Å²) in [5, 5.41) is 0. The Balaban J connectivity index is 1.04. The van der Waals surface area contributed by atoms with Gasteiger partial charge in [-0.1, -0.05) is 97.1 Å². The standard InChI is InChI=1S/C52H36N6O/c1-5-15-41(16-6-1)57(42-17-7-2-8-18-42)45-33-29-38(30-34-45)50-54-49(37-25-27-40(28-26-37)52-53-47-23-13-14-24-48(47)59-52)55-51(56-50)39-31-35-46(36-32-39)58(43-19-9-3-10-20-43)44-21-11-4-12-22-44/h1-36H. The average molecular weight is 761 g/mol. The molecule has 7 nitrogen and oxygen atoms in total. The molecule has 10 aromatic rings. The summed E-state index contributed by atoms with van der Waals surface area (Å²) in [4.78, 5) is 24.4. The van der Waals surface area contributed by atoms with E-state index >= 15 is 0 Å². The van der Waals surface area contributed by atoms with Gasteiger partial charge in [0.15, 0.2) is 23.1 Å². The van der Waals surface area contributed by atoms with Gasteiger partial charge in [-0.05, 0) is 121 Å². The lowest BCUT2D eigenvalue weighted by Crippen LogP contribution is -2.09. The minimum Gasteiger partial charge on any atom is -0.436 e. The molecule has 0 atom stereocenters. The van der Waals surface area contributed by atoms with E-state index < -0.39 is 0 Å². The summed E-state index contributed by atoms with van der Waals surface area (Å²) in [6.07, 6.45) is 0. The molecule has 280 valence electrons. The fourth-order valence-electron chi connectivity index (χ4n) is 7.24. The van der Waals surface area contributed by atoms with E-state index in [1.807, 2.05) is 72.8 Å². The Hall–Kier alpha value is -8.16. The first-order valence-corrected chi connectivity index (χ1v) is 19.5. The molecule has 0 radical (unpaired) electrons. The molecule has 0 N–H and O–H groups in total. The van der Waals surface area contributed by atoms with Gasteiger partial charge in [-0.2, -0.15) is 0 Å². The number of hydrogen-bond donors (Lipinski definition) is 0. The maximum atomic E-state index is 6.06. The Kier molecular flexibility index (Phi) is 9.42. The van der Waals surface area contributed by atoms with Crippen molar-refractivity contribution in [3.8, 4) is 45.6 Å². The van der Waals surface area contributed by atoms with Crippen LogP contribution in [-0.4, -0.2) is 19.9 Å². The van der Waals surface area contributed by atoms with Gasteiger partial charge in [-0.25, -0.2) is 19.9 Å². The fraction of sp³-hybridized carbons (Fsp3) is 0. The van der Waals surface area contributed by atoms with Crippen molar-refractivity contribution in [2.75, 3.05) is 9.80 Å². The highest BCUT2D eigenvalue weighted by Gasteiger charge is 2.18. The summed E-state index contributed by atoms with van der Waals surface area (Å²) in [5.74, 6) is 2.28. The van der Waals surface area contributed by atoms with E-state index in [1.54, 1.807) is 0 Å². The highest BCUT2D eigenvalue weighted by atomic mass is 16.3. The molecule has 8 aromatic carbocycles. The van der Waals surface area contributed by atoms with E-state index in [9.17, 15) is 0 Å². The van der Waals surface area contributed by atoms with E-state index in [-0.39, 0.29) is 0 Å². The molecule has 2 aromatic heterocycles. The Morgan fingerprint density at radius 3 is 0.949 bits per heavy atom. The summed E-state index contributed by atoms with van der Waals surface area (Å²) in [5.41, 5.74) is 11.4. The van der Waals surface area contributed by atoms with Crippen LogP contribution in [0.25, 0.3) is 56.7 Å². The SMILES string of the molecule is c1ccc(N(c2ccccc2)c2ccc(-c3nc(-c4ccc(-c5nc6ccccc6o5)cc4)nc(-c4ccc(N(c5ccccc5)c5ccccc5)cc4)n3)cc2)cc1. The van der Waals surface area contributed by atoms with Crippen LogP contribution in [0.5, 0.6) is 0 Å². The molecule has 0 aliphatic rings. The van der Waals surface area contributed by atoms with Crippen LogP contribution < -0.4 is 9.80 Å². The van der Waals surface area contributed by atoms with Gasteiger partial charge in [-0.15, -0.1) is 0 Å². The Morgan fingerprint density at radius 1 is 0.271 bits per heavy atom. The molecule has 0 aliphatic heterocycles. The smallest absolute Gasteiger partial charge is 0.227 e. The number of nitrogens with zero attached hydrogens (tertiary/aromatic N) is 6. The first kappa shape index (κ1) is 35.3. The van der Waals surface area contributed by atoms with Crippen molar-refractivity contribution in [2.24, 2.45) is 0 Å². The molecule has 2 heterocycles. The number of hydrogen-bond acceptors (Lipinski definition) is 7. The molecule has 0 bridgehead atoms. The van der Waals surface area contributed by atoms with Gasteiger partial charge in [0, 0.05) is 56.4 Å². The van der Waals surface area contributed by atoms with Crippen LogP contribution in [0, 0.1) is 0 Å². The van der Waals surface area contributed by atoms with Crippen molar-refractivity contribution in [1.29, 1.82) is 0 Å². The van der Waals surface area contributed by atoms with Crippen molar-refractivity contribution in [1.82, 2.24) is 19.9 Å². The summed E-state index contributed by atoms with van der Waals surface area (Å²) in [6.45, 7) is 0. The van der Waals surface area contributed by atoms with E-state index in [1.165, 1.54) is 0 Å². The molecule has 0 saturated heterocycles. The summed E-state index contributed by atoms with van der Waals surface area (Å²) >= 11 is 0. The van der Waals surface area contributed by atoms with Crippen LogP contribution >= 0.6 is 0 Å². The highest BCUT2D eigenvalue weighted by molar-refractivity contribution is 5.80. The van der Waals surface area contributed by atoms with E-state index in [4.69, 9.17) is 24.4 Å². The maximum Gasteiger partial charge on any atom is 0.227 e. The van der Waals surface area contributed by atoms with Crippen molar-refractivity contribution >= 4 is 45.2 Å². The quantitative estimate of drug-likeness (QED) is 0.137. The zero-order valence-corrected chi connectivity index (χ0v) is 31.9. The lowest BCUT2D eigenvalue weighted by atomic mass is 10.1. The van der Waals surface area contributed by atoms with Gasteiger partial charge < -0.3 is 14.2 Å². The van der Waals surface area contributed by atoms with Crippen LogP contribution in [0.3, 0.4) is 0 Å². The maximum absolute atomic E-state index is 6.06. The van der Waals surface area contributed by atoms with Gasteiger partial charge in [0.25, 0.3) is 0 Å². The molecular formula is C52H36N6O. The second kappa shape index (κ2) is 15.8. The molecule has 0 fully saturated rings. The number of oxazole rings is 1. The zero-order valence-electron chi connectivity index (χ0n) is 31.9. The third-order valence-electron chi connectivity index (χ3n) is 10.1. The van der Waals surface area contributed by atoms with Gasteiger partial charge >= 0.3 is 0 Å². The molecular weight excluding hydrogens is 725 g/mol. The normalized spacial score (nSPS) is 11.1. The first-order valence-electron chi connectivity index (χ1n) is 19.5. The summed E-state index contributed by atoms with van der Waals surface area (Å²) < 4.78 is 6.06. The lowest BCUT2D eigenvalue weighted by Gasteiger charge is -2.25. The van der Waals surface area contributed by atoms with Crippen LogP contribution in [0.2, 0.25) is 0 Å². The lowest BCUT2D eigenvalue weighted by molar-refractivity contribution is 0.620. The van der Waals surface area contributed by atoms with E-state index in [2.05, 4.69) is 155 Å². The molecule has 59 heavy (non-hydrogen) atoms. The predicted octanol–water partition coefficient (Wildman–Crippen LogP) is 13.6. The fourth-order valence-corrected chi connectivity index (χ4v) is 7.24. The average Bonchev–Trinajstić information content (AvgIpc) is 3.76. The highest BCUT2D eigenvalue weighted by Crippen LogP contribution is 2.37. The second-order valence-corrected chi connectivity index (χ2v) is 14.0. The molecule has 7 heteroatoms. The van der Waals surface area contributed by atoms with Gasteiger partial charge in [0.1, 0.15) is 5.52 Å². The molecule has 0 amide bonds. The largest absolute Gasteiger partial charge is 0.436 e. The number of fused-ring (bicyclic) bond motifs is 1. The van der Waals surface area contributed by atoms with Crippen LogP contribution in [0.4, 0.5) is 34.1 Å². The molecule has 0 spiro atoms. The van der Waals surface area contributed by atoms with Crippen LogP contribution in [0.1, 0.15) is 0 Å². The number of benzene rings is 8. The van der Waals surface area contributed by atoms with Gasteiger partial charge in [0.2, 0.25) is 5.89 Å². The van der Waals surface area contributed by atoms with Gasteiger partial charge in [0.05, 0.1) is 0 Å². The molecule has 10 rings (SSSR count). The van der Waals surface area contributed by atoms with Crippen LogP contribution in [0.15, 0.2) is 223 Å².